The van der Waals surface area contributed by atoms with Crippen LogP contribution in [0.1, 0.15) is 6.92 Å². The van der Waals surface area contributed by atoms with Crippen LogP contribution in [0.25, 0.3) is 0 Å². The third kappa shape index (κ3) is 8.63. The standard InChI is InChI=1S/C40H38N3O6P3/c1-2-50(45-34-23-11-4-12-24-34,46-35-25-13-5-14-26-35)43-52(48-37-29-17-7-18-30-37,49-38-31-19-8-20-32-38)42-39-40(44-33-21-9-3-10-22-33)51(39,41)47-36-27-15-6-16-28-36/h3-32,39-41H,2H2,1H3. The van der Waals surface area contributed by atoms with E-state index in [0.717, 1.165) is 0 Å². The highest BCUT2D eigenvalue weighted by Crippen LogP contribution is 2.78. The van der Waals surface area contributed by atoms with E-state index in [1.165, 1.54) is 0 Å². The Labute approximate surface area is 304 Å². The molecule has 3 unspecified atom stereocenters. The fourth-order valence-electron chi connectivity index (χ4n) is 5.17. The molecule has 0 saturated carbocycles. The largest absolute Gasteiger partial charge is 0.478 e. The molecule has 1 aliphatic rings. The third-order valence-electron chi connectivity index (χ3n) is 7.77. The lowest BCUT2D eigenvalue weighted by Gasteiger charge is -2.29. The van der Waals surface area contributed by atoms with Crippen LogP contribution in [0, 0.1) is 5.16 Å². The molecule has 264 valence electrons. The Morgan fingerprint density at radius 1 is 0.500 bits per heavy atom. The third-order valence-corrected chi connectivity index (χ3v) is 15.7. The van der Waals surface area contributed by atoms with Crippen LogP contribution in [0.3, 0.4) is 0 Å². The zero-order chi connectivity index (χ0) is 35.7. The minimum Gasteiger partial charge on any atom is -0.478 e. The van der Waals surface area contributed by atoms with Gasteiger partial charge in [0.25, 0.3) is 0 Å². The van der Waals surface area contributed by atoms with E-state index in [0.29, 0.717) is 40.7 Å². The van der Waals surface area contributed by atoms with Gasteiger partial charge in [0, 0.05) is 0 Å². The summed E-state index contributed by atoms with van der Waals surface area (Å²) in [6.07, 6.45) is 0.348. The van der Waals surface area contributed by atoms with Crippen molar-refractivity contribution in [2.45, 2.75) is 18.6 Å². The topological polar surface area (TPSA) is 104 Å². The highest BCUT2D eigenvalue weighted by Gasteiger charge is 2.66. The summed E-state index contributed by atoms with van der Waals surface area (Å²) in [5, 5.41) is 9.80. The highest BCUT2D eigenvalue weighted by atomic mass is 31.2. The molecule has 0 aromatic heterocycles. The van der Waals surface area contributed by atoms with Crippen molar-refractivity contribution < 1.29 is 27.4 Å². The SMILES string of the molecule is CCP(=NP(=NC1C(Oc2ccccc2)P1(=N)Oc1ccccc1)(Oc1ccccc1)Oc1ccccc1)(Oc1ccccc1)Oc1ccccc1. The summed E-state index contributed by atoms with van der Waals surface area (Å²) in [5.41, 5.74) is 0. The molecule has 1 aliphatic heterocycles. The van der Waals surface area contributed by atoms with Crippen LogP contribution in [0.2, 0.25) is 0 Å². The summed E-state index contributed by atoms with van der Waals surface area (Å²) in [5.74, 6) is 1.71. The fraction of sp³-hybridized carbons (Fsp3) is 0.100. The van der Waals surface area contributed by atoms with Gasteiger partial charge in [-0.1, -0.05) is 116 Å². The summed E-state index contributed by atoms with van der Waals surface area (Å²) >= 11 is 0. The average Bonchev–Trinajstić information content (AvgIpc) is 3.71. The molecular formula is C40H38N3O6P3. The predicted octanol–water partition coefficient (Wildman–Crippen LogP) is 12.8. The molecule has 0 bridgehead atoms. The second kappa shape index (κ2) is 16.0. The van der Waals surface area contributed by atoms with Gasteiger partial charge in [0.15, 0.2) is 11.6 Å². The summed E-state index contributed by atoms with van der Waals surface area (Å²) in [6, 6.07) is 56.1. The van der Waals surface area contributed by atoms with Crippen molar-refractivity contribution in [2.24, 2.45) is 9.26 Å². The van der Waals surface area contributed by atoms with Gasteiger partial charge in [0.2, 0.25) is 7.28 Å². The number of hydrogen-bond acceptors (Lipinski definition) is 8. The molecule has 3 atom stereocenters. The number of hydrogen-bond donors (Lipinski definition) is 1. The Morgan fingerprint density at radius 3 is 1.23 bits per heavy atom. The number of rotatable bonds is 15. The Bertz CT molecular complexity index is 2110. The zero-order valence-electron chi connectivity index (χ0n) is 28.4. The van der Waals surface area contributed by atoms with Crippen LogP contribution >= 0.6 is 22.4 Å². The van der Waals surface area contributed by atoms with Gasteiger partial charge in [-0.2, -0.15) is 4.74 Å². The van der Waals surface area contributed by atoms with Crippen LogP contribution in [-0.2, 0) is 0 Å². The molecule has 1 saturated heterocycles. The maximum absolute atomic E-state index is 9.80. The van der Waals surface area contributed by atoms with E-state index in [2.05, 4.69) is 0 Å². The first-order valence-electron chi connectivity index (χ1n) is 16.8. The van der Waals surface area contributed by atoms with Crippen molar-refractivity contribution in [2.75, 3.05) is 6.16 Å². The van der Waals surface area contributed by atoms with Gasteiger partial charge in [-0.15, -0.1) is 4.52 Å². The second-order valence-electron chi connectivity index (χ2n) is 11.6. The molecule has 1 fully saturated rings. The molecule has 6 aromatic rings. The Morgan fingerprint density at radius 2 is 0.846 bits per heavy atom. The Balaban J connectivity index is 1.46. The summed E-state index contributed by atoms with van der Waals surface area (Å²) < 4.78 is 51.0. The molecular weight excluding hydrogens is 711 g/mol. The molecule has 1 heterocycles. The molecule has 1 N–H and O–H groups in total. The number of ether oxygens (including phenoxy) is 1. The molecule has 0 radical (unpaired) electrons. The lowest BCUT2D eigenvalue weighted by Crippen LogP contribution is -2.09. The molecule has 0 amide bonds. The normalized spacial score (nSPS) is 17.9. The van der Waals surface area contributed by atoms with Gasteiger partial charge in [0.1, 0.15) is 34.5 Å². The molecule has 0 aliphatic carbocycles. The Hall–Kier alpha value is -5.19. The van der Waals surface area contributed by atoms with Crippen molar-refractivity contribution >= 4 is 22.4 Å². The van der Waals surface area contributed by atoms with E-state index >= 15 is 0 Å². The maximum Gasteiger partial charge on any atom is 0.449 e. The minimum atomic E-state index is -3.88. The van der Waals surface area contributed by atoms with E-state index in [1.807, 2.05) is 189 Å². The lowest BCUT2D eigenvalue weighted by atomic mass is 10.3. The monoisotopic (exact) mass is 749 g/mol. The maximum atomic E-state index is 9.80. The van der Waals surface area contributed by atoms with Crippen molar-refractivity contribution in [3.63, 3.8) is 0 Å². The van der Waals surface area contributed by atoms with E-state index in [4.69, 9.17) is 36.6 Å². The quantitative estimate of drug-likeness (QED) is 0.105. The molecule has 9 nitrogen and oxygen atoms in total. The highest BCUT2D eigenvalue weighted by molar-refractivity contribution is 7.71. The molecule has 6 aromatic carbocycles. The van der Waals surface area contributed by atoms with Crippen molar-refractivity contribution in [1.82, 2.24) is 0 Å². The number of nitrogens with zero attached hydrogens (tertiary/aromatic N) is 2. The van der Waals surface area contributed by atoms with Crippen molar-refractivity contribution in [3.05, 3.63) is 182 Å². The van der Waals surface area contributed by atoms with Crippen LogP contribution in [0.5, 0.6) is 34.5 Å². The van der Waals surface area contributed by atoms with Gasteiger partial charge in [-0.05, 0) is 72.8 Å². The molecule has 52 heavy (non-hydrogen) atoms. The van der Waals surface area contributed by atoms with Crippen molar-refractivity contribution in [3.8, 4) is 34.5 Å². The van der Waals surface area contributed by atoms with Gasteiger partial charge in [0.05, 0.1) is 6.16 Å². The van der Waals surface area contributed by atoms with Gasteiger partial charge < -0.3 is 27.4 Å². The smallest absolute Gasteiger partial charge is 0.449 e. The fourth-order valence-corrected chi connectivity index (χ4v) is 13.5. The predicted molar refractivity (Wildman–Crippen MR) is 209 cm³/mol. The Kier molecular flexibility index (Phi) is 10.8. The zero-order valence-corrected chi connectivity index (χ0v) is 31.1. The number of benzene rings is 6. The first kappa shape index (κ1) is 35.2. The summed E-state index contributed by atoms with van der Waals surface area (Å²) in [7, 11) is -10.4. The average molecular weight is 750 g/mol. The molecule has 7 rings (SSSR count). The van der Waals surface area contributed by atoms with Crippen LogP contribution in [-0.4, -0.2) is 17.8 Å². The lowest BCUT2D eigenvalue weighted by molar-refractivity contribution is 0.311. The molecule has 0 spiro atoms. The first-order valence-corrected chi connectivity index (χ1v) is 21.9. The van der Waals surface area contributed by atoms with E-state index < -0.39 is 34.1 Å². The van der Waals surface area contributed by atoms with Gasteiger partial charge in [-0.3, -0.25) is 5.16 Å². The summed E-state index contributed by atoms with van der Waals surface area (Å²) in [6.45, 7) is 1.96. The molecule has 12 heteroatoms. The second-order valence-corrected chi connectivity index (χ2v) is 18.8. The van der Waals surface area contributed by atoms with Crippen LogP contribution < -0.4 is 27.4 Å². The van der Waals surface area contributed by atoms with Gasteiger partial charge in [-0.25, -0.2) is 0 Å². The van der Waals surface area contributed by atoms with Crippen LogP contribution in [0.4, 0.5) is 0 Å². The van der Waals surface area contributed by atoms with Crippen LogP contribution in [0.15, 0.2) is 191 Å². The van der Waals surface area contributed by atoms with Crippen molar-refractivity contribution in [1.29, 1.82) is 5.16 Å². The first-order chi connectivity index (χ1) is 25.5. The van der Waals surface area contributed by atoms with E-state index in [-0.39, 0.29) is 0 Å². The number of nitrogens with one attached hydrogen (secondary N) is 1. The summed E-state index contributed by atoms with van der Waals surface area (Å²) in [4.78, 5) is 0. The van der Waals surface area contributed by atoms with E-state index in [1.54, 1.807) is 0 Å². The minimum absolute atomic E-state index is 0.348. The van der Waals surface area contributed by atoms with E-state index in [9.17, 15) is 5.16 Å². The number of para-hydroxylation sites is 6. The van der Waals surface area contributed by atoms with Gasteiger partial charge >= 0.3 is 15.2 Å².